The first kappa shape index (κ1) is 38.7. The van der Waals surface area contributed by atoms with Crippen LogP contribution in [0.2, 0.25) is 0 Å². The van der Waals surface area contributed by atoms with Gasteiger partial charge in [-0.1, -0.05) is 230 Å². The van der Waals surface area contributed by atoms with E-state index in [2.05, 4.69) is 266 Å². The Bertz CT molecular complexity index is 3540. The highest BCUT2D eigenvalue weighted by Crippen LogP contribution is 2.57. The second-order valence-electron chi connectivity index (χ2n) is 17.5. The first-order valence-corrected chi connectivity index (χ1v) is 25.7. The molecule has 2 aliphatic heterocycles. The van der Waals surface area contributed by atoms with E-state index in [9.17, 15) is 0 Å². The lowest BCUT2D eigenvalue weighted by Crippen LogP contribution is -2.79. The first-order valence-electron chi connectivity index (χ1n) is 22.8. The summed E-state index contributed by atoms with van der Waals surface area (Å²) >= 11 is 1.90. The van der Waals surface area contributed by atoms with Crippen molar-refractivity contribution >= 4 is 79.2 Å². The number of benzene rings is 11. The second-order valence-corrected chi connectivity index (χ2v) is 22.3. The van der Waals surface area contributed by atoms with Crippen LogP contribution in [0.1, 0.15) is 22.3 Å². The minimum atomic E-state index is -3.00. The maximum atomic E-state index is 2.59. The molecule has 0 aliphatic carbocycles. The first-order chi connectivity index (χ1) is 32.7. The van der Waals surface area contributed by atoms with Crippen LogP contribution >= 0.6 is 11.8 Å². The number of hydrogen-bond donors (Lipinski definition) is 0. The lowest BCUT2D eigenvalue weighted by atomic mass is 9.64. The van der Waals surface area contributed by atoms with Crippen LogP contribution in [0.15, 0.2) is 271 Å². The Morgan fingerprint density at radius 1 is 0.333 bits per heavy atom. The molecule has 0 atom stereocenters. The highest BCUT2D eigenvalue weighted by atomic mass is 32.2. The maximum Gasteiger partial charge on any atom is 0.180 e. The fourth-order valence-electron chi connectivity index (χ4n) is 11.6. The van der Waals surface area contributed by atoms with Gasteiger partial charge in [-0.05, 0) is 113 Å². The number of nitrogens with zero attached hydrogens (tertiary/aromatic N) is 1. The zero-order chi connectivity index (χ0) is 43.7. The Balaban J connectivity index is 1.18. The molecule has 11 aromatic rings. The largest absolute Gasteiger partial charge is 0.310 e. The molecule has 1 nitrogen and oxygen atoms in total. The number of fused-ring (bicyclic) bond motifs is 11. The van der Waals surface area contributed by atoms with Gasteiger partial charge in [0.1, 0.15) is 0 Å². The molecule has 0 N–H and O–H groups in total. The van der Waals surface area contributed by atoms with E-state index in [1.54, 1.807) is 0 Å². The topological polar surface area (TPSA) is 3.24 Å². The summed E-state index contributed by atoms with van der Waals surface area (Å²) in [4.78, 5) is 5.12. The summed E-state index contributed by atoms with van der Waals surface area (Å²) in [6.45, 7) is 0. The van der Waals surface area contributed by atoms with Gasteiger partial charge >= 0.3 is 0 Å². The molecule has 13 rings (SSSR count). The van der Waals surface area contributed by atoms with Crippen LogP contribution in [0.25, 0.3) is 32.7 Å². The zero-order valence-electron chi connectivity index (χ0n) is 36.2. The molecule has 3 heteroatoms. The summed E-state index contributed by atoms with van der Waals surface area (Å²) < 4.78 is 0. The molecule has 0 fully saturated rings. The van der Waals surface area contributed by atoms with E-state index < -0.39 is 13.5 Å². The monoisotopic (exact) mass is 873 g/mol. The molecule has 1 spiro atoms. The second kappa shape index (κ2) is 15.5. The van der Waals surface area contributed by atoms with E-state index in [4.69, 9.17) is 0 Å². The van der Waals surface area contributed by atoms with Crippen molar-refractivity contribution in [3.63, 3.8) is 0 Å². The van der Waals surface area contributed by atoms with E-state index in [0.717, 1.165) is 17.1 Å². The number of rotatable bonds is 6. The summed E-state index contributed by atoms with van der Waals surface area (Å²) in [5.41, 5.74) is 10.5. The van der Waals surface area contributed by atoms with E-state index in [1.807, 2.05) is 11.8 Å². The Hall–Kier alpha value is -7.69. The fourth-order valence-corrected chi connectivity index (χ4v) is 18.0. The van der Waals surface area contributed by atoms with Crippen LogP contribution in [0, 0.1) is 0 Å². The van der Waals surface area contributed by atoms with Gasteiger partial charge in [-0.2, -0.15) is 0 Å². The van der Waals surface area contributed by atoms with Crippen molar-refractivity contribution in [2.24, 2.45) is 0 Å². The van der Waals surface area contributed by atoms with Crippen LogP contribution < -0.4 is 25.6 Å². The zero-order valence-corrected chi connectivity index (χ0v) is 38.0. The van der Waals surface area contributed by atoms with Gasteiger partial charge in [-0.3, -0.25) is 0 Å². The molecule has 0 aromatic heterocycles. The van der Waals surface area contributed by atoms with E-state index in [-0.39, 0.29) is 0 Å². The van der Waals surface area contributed by atoms with Crippen LogP contribution in [0.3, 0.4) is 0 Å². The van der Waals surface area contributed by atoms with Gasteiger partial charge in [-0.15, -0.1) is 0 Å². The molecule has 0 saturated heterocycles. The summed E-state index contributed by atoms with van der Waals surface area (Å²) in [6.07, 6.45) is 0. The fraction of sp³-hybridized carbons (Fsp3) is 0.0159. The molecule has 11 aromatic carbocycles. The van der Waals surface area contributed by atoms with Gasteiger partial charge in [-0.25, -0.2) is 0 Å². The van der Waals surface area contributed by atoms with Crippen LogP contribution in [0.4, 0.5) is 17.1 Å². The van der Waals surface area contributed by atoms with E-state index in [0.29, 0.717) is 0 Å². The normalized spacial score (nSPS) is 13.9. The summed E-state index contributed by atoms with van der Waals surface area (Å²) in [6, 6.07) is 98.3. The predicted octanol–water partition coefficient (Wildman–Crippen LogP) is 13.7. The lowest BCUT2D eigenvalue weighted by molar-refractivity contribution is 0.707. The van der Waals surface area contributed by atoms with Crippen LogP contribution in [0.5, 0.6) is 0 Å². The van der Waals surface area contributed by atoms with Crippen molar-refractivity contribution in [2.75, 3.05) is 4.90 Å². The van der Waals surface area contributed by atoms with Crippen molar-refractivity contribution in [3.8, 4) is 11.1 Å². The molecule has 2 aliphatic rings. The van der Waals surface area contributed by atoms with Gasteiger partial charge in [0, 0.05) is 26.6 Å². The highest BCUT2D eigenvalue weighted by Gasteiger charge is 2.57. The Morgan fingerprint density at radius 2 is 0.818 bits per heavy atom. The highest BCUT2D eigenvalue weighted by molar-refractivity contribution is 7.99. The average Bonchev–Trinajstić information content (AvgIpc) is 3.40. The summed E-state index contributed by atoms with van der Waals surface area (Å²) in [5, 5.41) is 10.5. The maximum absolute atomic E-state index is 3.00. The minimum absolute atomic E-state index is 0.616. The average molecular weight is 874 g/mol. The third-order valence-corrected chi connectivity index (χ3v) is 20.3. The smallest absolute Gasteiger partial charge is 0.180 e. The third-order valence-electron chi connectivity index (χ3n) is 14.2. The van der Waals surface area contributed by atoms with Crippen molar-refractivity contribution in [1.29, 1.82) is 0 Å². The SMILES string of the molecule is c1ccc(-c2ccc(N(c3ccc4c(c3)C3(c5ccccc5Sc5ccccc53)c3ccccc3[Si]4(c3ccccc3)c3ccccc3)c3cc4ccccc4c4ccccc34)cc2)cc1. The lowest BCUT2D eigenvalue weighted by Gasteiger charge is -2.52. The standard InChI is InChI=1S/C63H43NSSi/c1-4-20-44(21-5-1)45-36-38-47(39-37-45)64(58-42-46-22-10-11-27-51(46)52-28-12-13-29-53(52)58)48-40-41-62-57(43-48)63(54-30-14-17-33-59(54)65-60-34-18-15-31-55(60)63)56-32-16-19-35-61(56)66(62,49-23-6-2-7-24-49)50-25-8-3-9-26-50/h1-43H. The minimum Gasteiger partial charge on any atom is -0.310 e. The molecule has 2 heterocycles. The number of anilines is 3. The molecular formula is C63H43NSSi. The van der Waals surface area contributed by atoms with Crippen molar-refractivity contribution in [1.82, 2.24) is 0 Å². The van der Waals surface area contributed by atoms with Gasteiger partial charge < -0.3 is 4.90 Å². The summed E-state index contributed by atoms with van der Waals surface area (Å²) in [5.74, 6) is 0. The molecule has 0 radical (unpaired) electrons. The Morgan fingerprint density at radius 3 is 1.48 bits per heavy atom. The van der Waals surface area contributed by atoms with Crippen molar-refractivity contribution in [3.05, 3.63) is 283 Å². The molecule has 0 unspecified atom stereocenters. The van der Waals surface area contributed by atoms with E-state index >= 15 is 0 Å². The Kier molecular flexibility index (Phi) is 9.09. The quantitative estimate of drug-likeness (QED) is 0.121. The molecular weight excluding hydrogens is 831 g/mol. The summed E-state index contributed by atoms with van der Waals surface area (Å²) in [7, 11) is -3.00. The Labute approximate surface area is 391 Å². The van der Waals surface area contributed by atoms with Crippen LogP contribution in [-0.2, 0) is 5.41 Å². The third kappa shape index (κ3) is 5.67. The van der Waals surface area contributed by atoms with Crippen LogP contribution in [-0.4, -0.2) is 8.07 Å². The molecule has 0 saturated carbocycles. The van der Waals surface area contributed by atoms with Gasteiger partial charge in [0.05, 0.1) is 11.1 Å². The molecule has 0 amide bonds. The van der Waals surface area contributed by atoms with Gasteiger partial charge in [0.15, 0.2) is 8.07 Å². The predicted molar refractivity (Wildman–Crippen MR) is 281 cm³/mol. The molecule has 310 valence electrons. The molecule has 66 heavy (non-hydrogen) atoms. The van der Waals surface area contributed by atoms with Gasteiger partial charge in [0.2, 0.25) is 0 Å². The van der Waals surface area contributed by atoms with Gasteiger partial charge in [0.25, 0.3) is 0 Å². The van der Waals surface area contributed by atoms with E-state index in [1.165, 1.54) is 85.5 Å². The molecule has 0 bridgehead atoms. The van der Waals surface area contributed by atoms with Crippen molar-refractivity contribution < 1.29 is 0 Å². The number of hydrogen-bond acceptors (Lipinski definition) is 2. The van der Waals surface area contributed by atoms with Crippen molar-refractivity contribution in [2.45, 2.75) is 15.2 Å².